The molecule has 0 aliphatic carbocycles. The maximum Gasteiger partial charge on any atom is 0.254 e. The van der Waals surface area contributed by atoms with Gasteiger partial charge in [-0.05, 0) is 13.0 Å². The Morgan fingerprint density at radius 2 is 2.64 bits per heavy atom. The number of hydrogen-bond acceptors (Lipinski definition) is 3. The first-order valence-corrected chi connectivity index (χ1v) is 4.78. The molecule has 1 aromatic heterocycles. The van der Waals surface area contributed by atoms with Gasteiger partial charge in [-0.15, -0.1) is 0 Å². The Hall–Kier alpha value is -1.36. The summed E-state index contributed by atoms with van der Waals surface area (Å²) in [6.45, 7) is 1.97. The van der Waals surface area contributed by atoms with Crippen LogP contribution < -0.4 is 10.6 Å². The Kier molecular flexibility index (Phi) is 2.49. The molecule has 14 heavy (non-hydrogen) atoms. The maximum atomic E-state index is 11.3. The highest BCUT2D eigenvalue weighted by molar-refractivity contribution is 5.93. The molecule has 2 N–H and O–H groups in total. The van der Waals surface area contributed by atoms with Crippen molar-refractivity contribution in [1.29, 1.82) is 0 Å². The van der Waals surface area contributed by atoms with E-state index in [4.69, 9.17) is 0 Å². The number of nitrogens with zero attached hydrogens (tertiary/aromatic N) is 2. The highest BCUT2D eigenvalue weighted by Crippen LogP contribution is 2.14. The fraction of sp³-hybridized carbons (Fsp3) is 0.556. The molecule has 1 aliphatic rings. The predicted octanol–water partition coefficient (Wildman–Crippen LogP) is -0.223. The topological polar surface area (TPSA) is 59.0 Å². The normalized spacial score (nSPS) is 21.1. The lowest BCUT2D eigenvalue weighted by atomic mass is 10.2. The van der Waals surface area contributed by atoms with Crippen LogP contribution in [-0.2, 0) is 0 Å². The van der Waals surface area contributed by atoms with E-state index < -0.39 is 0 Å². The average molecular weight is 194 g/mol. The molecule has 1 unspecified atom stereocenters. The zero-order valence-corrected chi connectivity index (χ0v) is 8.16. The van der Waals surface area contributed by atoms with Crippen molar-refractivity contribution in [3.63, 3.8) is 0 Å². The van der Waals surface area contributed by atoms with Crippen LogP contribution in [0.5, 0.6) is 0 Å². The highest BCUT2D eigenvalue weighted by Gasteiger charge is 2.18. The van der Waals surface area contributed by atoms with Crippen LogP contribution in [-0.4, -0.2) is 35.8 Å². The second-order valence-electron chi connectivity index (χ2n) is 3.43. The molecule has 1 saturated heterocycles. The first-order valence-electron chi connectivity index (χ1n) is 4.78. The van der Waals surface area contributed by atoms with Crippen LogP contribution in [0.4, 0.5) is 0 Å². The summed E-state index contributed by atoms with van der Waals surface area (Å²) in [6, 6.07) is 0.397. The molecule has 5 nitrogen and oxygen atoms in total. The van der Waals surface area contributed by atoms with E-state index in [1.54, 1.807) is 19.4 Å². The molecule has 76 valence electrons. The first-order chi connectivity index (χ1) is 6.81. The van der Waals surface area contributed by atoms with Crippen molar-refractivity contribution >= 4 is 5.91 Å². The Labute approximate surface area is 82.5 Å². The van der Waals surface area contributed by atoms with Crippen molar-refractivity contribution in [3.8, 4) is 0 Å². The number of carbonyl (C=O) groups excluding carboxylic acids is 1. The van der Waals surface area contributed by atoms with Gasteiger partial charge in [0.2, 0.25) is 0 Å². The highest BCUT2D eigenvalue weighted by atomic mass is 16.1. The molecule has 0 bridgehead atoms. The Morgan fingerprint density at radius 1 is 1.79 bits per heavy atom. The zero-order chi connectivity index (χ0) is 9.97. The van der Waals surface area contributed by atoms with Crippen molar-refractivity contribution in [3.05, 3.63) is 18.0 Å². The van der Waals surface area contributed by atoms with Gasteiger partial charge in [0, 0.05) is 19.8 Å². The Balaban J connectivity index is 2.12. The second-order valence-corrected chi connectivity index (χ2v) is 3.43. The molecular weight excluding hydrogens is 180 g/mol. The summed E-state index contributed by atoms with van der Waals surface area (Å²) in [6.07, 6.45) is 4.49. The molecule has 0 radical (unpaired) electrons. The molecule has 0 aromatic carbocycles. The maximum absolute atomic E-state index is 11.3. The first kappa shape index (κ1) is 9.21. The van der Waals surface area contributed by atoms with Crippen molar-refractivity contribution in [2.24, 2.45) is 0 Å². The second kappa shape index (κ2) is 3.79. The van der Waals surface area contributed by atoms with Gasteiger partial charge in [0.1, 0.15) is 0 Å². The standard InChI is InChI=1S/C9H14N4O/c1-10-9(14)7-4-12-13(6-7)8-2-3-11-5-8/h4,6,8,11H,2-3,5H2,1H3,(H,10,14). The van der Waals surface area contributed by atoms with Crippen LogP contribution in [0.3, 0.4) is 0 Å². The van der Waals surface area contributed by atoms with Crippen LogP contribution in [0.1, 0.15) is 22.8 Å². The lowest BCUT2D eigenvalue weighted by molar-refractivity contribution is 0.0963. The molecule has 2 heterocycles. The van der Waals surface area contributed by atoms with Gasteiger partial charge >= 0.3 is 0 Å². The van der Waals surface area contributed by atoms with Crippen LogP contribution in [0.25, 0.3) is 0 Å². The van der Waals surface area contributed by atoms with Gasteiger partial charge in [-0.1, -0.05) is 0 Å². The SMILES string of the molecule is CNC(=O)c1cnn(C2CCNC2)c1. The number of rotatable bonds is 2. The molecule has 1 aliphatic heterocycles. The van der Waals surface area contributed by atoms with E-state index in [1.807, 2.05) is 4.68 Å². The summed E-state index contributed by atoms with van der Waals surface area (Å²) in [5.41, 5.74) is 0.624. The van der Waals surface area contributed by atoms with Crippen molar-refractivity contribution < 1.29 is 4.79 Å². The van der Waals surface area contributed by atoms with Gasteiger partial charge in [0.25, 0.3) is 5.91 Å². The molecule has 1 atom stereocenters. The monoisotopic (exact) mass is 194 g/mol. The summed E-state index contributed by atoms with van der Waals surface area (Å²) < 4.78 is 1.87. The zero-order valence-electron chi connectivity index (χ0n) is 8.16. The molecular formula is C9H14N4O. The molecule has 1 amide bonds. The summed E-state index contributed by atoms with van der Waals surface area (Å²) in [5.74, 6) is -0.0813. The lowest BCUT2D eigenvalue weighted by Gasteiger charge is -2.07. The molecule has 0 saturated carbocycles. The van der Waals surface area contributed by atoms with E-state index in [0.29, 0.717) is 11.6 Å². The van der Waals surface area contributed by atoms with Gasteiger partial charge < -0.3 is 10.6 Å². The molecule has 1 fully saturated rings. The summed E-state index contributed by atoms with van der Waals surface area (Å²) in [5, 5.41) is 10.0. The summed E-state index contributed by atoms with van der Waals surface area (Å²) >= 11 is 0. The molecule has 5 heteroatoms. The van der Waals surface area contributed by atoms with Crippen molar-refractivity contribution in [2.45, 2.75) is 12.5 Å². The van der Waals surface area contributed by atoms with Gasteiger partial charge in [0.15, 0.2) is 0 Å². The molecule has 0 spiro atoms. The quantitative estimate of drug-likeness (QED) is 0.684. The smallest absolute Gasteiger partial charge is 0.254 e. The number of nitrogens with one attached hydrogen (secondary N) is 2. The average Bonchev–Trinajstić information content (AvgIpc) is 2.86. The number of hydrogen-bond donors (Lipinski definition) is 2. The van der Waals surface area contributed by atoms with E-state index in [1.165, 1.54) is 0 Å². The van der Waals surface area contributed by atoms with E-state index in [-0.39, 0.29) is 5.91 Å². The Morgan fingerprint density at radius 3 is 3.29 bits per heavy atom. The van der Waals surface area contributed by atoms with Gasteiger partial charge in [-0.25, -0.2) is 0 Å². The van der Waals surface area contributed by atoms with E-state index >= 15 is 0 Å². The Bertz CT molecular complexity index is 327. The van der Waals surface area contributed by atoms with Crippen molar-refractivity contribution in [2.75, 3.05) is 20.1 Å². The third-order valence-corrected chi connectivity index (χ3v) is 2.50. The summed E-state index contributed by atoms with van der Waals surface area (Å²) in [7, 11) is 1.62. The molecule has 1 aromatic rings. The number of carbonyl (C=O) groups is 1. The van der Waals surface area contributed by atoms with Crippen LogP contribution in [0, 0.1) is 0 Å². The third kappa shape index (κ3) is 1.63. The minimum absolute atomic E-state index is 0.0813. The van der Waals surface area contributed by atoms with E-state index in [9.17, 15) is 4.79 Å². The molecule has 2 rings (SSSR count). The number of amides is 1. The summed E-state index contributed by atoms with van der Waals surface area (Å²) in [4.78, 5) is 11.3. The van der Waals surface area contributed by atoms with Crippen LogP contribution in [0.15, 0.2) is 12.4 Å². The fourth-order valence-corrected chi connectivity index (χ4v) is 1.66. The van der Waals surface area contributed by atoms with Crippen molar-refractivity contribution in [1.82, 2.24) is 20.4 Å². The van der Waals surface area contributed by atoms with E-state index in [2.05, 4.69) is 15.7 Å². The minimum Gasteiger partial charge on any atom is -0.355 e. The van der Waals surface area contributed by atoms with Crippen LogP contribution >= 0.6 is 0 Å². The fourth-order valence-electron chi connectivity index (χ4n) is 1.66. The number of aromatic nitrogens is 2. The van der Waals surface area contributed by atoms with E-state index in [0.717, 1.165) is 19.5 Å². The minimum atomic E-state index is -0.0813. The third-order valence-electron chi connectivity index (χ3n) is 2.50. The van der Waals surface area contributed by atoms with Gasteiger partial charge in [-0.2, -0.15) is 5.10 Å². The van der Waals surface area contributed by atoms with Gasteiger partial charge in [0.05, 0.1) is 17.8 Å². The van der Waals surface area contributed by atoms with Gasteiger partial charge in [-0.3, -0.25) is 9.48 Å². The lowest BCUT2D eigenvalue weighted by Crippen LogP contribution is -2.17. The largest absolute Gasteiger partial charge is 0.355 e. The van der Waals surface area contributed by atoms with Crippen LogP contribution in [0.2, 0.25) is 0 Å². The predicted molar refractivity (Wildman–Crippen MR) is 52.1 cm³/mol.